The molecule has 2 N–H and O–H groups in total. The Morgan fingerprint density at radius 3 is 2.87 bits per heavy atom. The number of aliphatic hydroxyl groups is 2. The summed E-state index contributed by atoms with van der Waals surface area (Å²) in [5.74, 6) is 0.496. The first-order valence-corrected chi connectivity index (χ1v) is 4.41. The zero-order valence-electron chi connectivity index (χ0n) is 8.29. The van der Waals surface area contributed by atoms with Gasteiger partial charge in [0.15, 0.2) is 0 Å². The lowest BCUT2D eigenvalue weighted by Crippen LogP contribution is -2.17. The molecule has 0 saturated heterocycles. The fraction of sp³-hybridized carbons (Fsp3) is 0.400. The molecule has 1 aromatic heterocycles. The molecule has 0 aromatic carbocycles. The molecule has 0 radical (unpaired) electrons. The van der Waals surface area contributed by atoms with Gasteiger partial charge in [-0.15, -0.1) is 0 Å². The lowest BCUT2D eigenvalue weighted by Gasteiger charge is -2.15. The summed E-state index contributed by atoms with van der Waals surface area (Å²) in [7, 11) is 1.49. The monoisotopic (exact) mass is 208 g/mol. The second kappa shape index (κ2) is 5.29. The van der Waals surface area contributed by atoms with Crippen molar-refractivity contribution < 1.29 is 14.9 Å². The van der Waals surface area contributed by atoms with Crippen LogP contribution in [0, 0.1) is 11.3 Å². The van der Waals surface area contributed by atoms with Crippen LogP contribution in [0.4, 0.5) is 0 Å². The minimum Gasteiger partial charge on any atom is -0.495 e. The first-order valence-electron chi connectivity index (χ1n) is 4.41. The van der Waals surface area contributed by atoms with E-state index in [0.717, 1.165) is 0 Å². The fourth-order valence-corrected chi connectivity index (χ4v) is 1.14. The number of ether oxygens (including phenoxy) is 1. The SMILES string of the molecule is COc1cncc(C(O)C(O)CC#N)c1. The van der Waals surface area contributed by atoms with Crippen molar-refractivity contribution in [3.05, 3.63) is 24.0 Å². The highest BCUT2D eigenvalue weighted by Crippen LogP contribution is 2.21. The third kappa shape index (κ3) is 2.91. The van der Waals surface area contributed by atoms with Crippen molar-refractivity contribution in [2.45, 2.75) is 18.6 Å². The number of nitrogens with zero attached hydrogens (tertiary/aromatic N) is 2. The summed E-state index contributed by atoms with van der Waals surface area (Å²) in [5.41, 5.74) is 0.428. The van der Waals surface area contributed by atoms with Crippen molar-refractivity contribution >= 4 is 0 Å². The highest BCUT2D eigenvalue weighted by molar-refractivity contribution is 5.25. The van der Waals surface area contributed by atoms with Gasteiger partial charge in [-0.3, -0.25) is 4.98 Å². The summed E-state index contributed by atoms with van der Waals surface area (Å²) in [6.07, 6.45) is 0.565. The maximum Gasteiger partial charge on any atom is 0.137 e. The molecule has 5 nitrogen and oxygen atoms in total. The molecule has 1 rings (SSSR count). The van der Waals surface area contributed by atoms with E-state index < -0.39 is 12.2 Å². The van der Waals surface area contributed by atoms with Gasteiger partial charge in [0.2, 0.25) is 0 Å². The number of hydrogen-bond acceptors (Lipinski definition) is 5. The number of nitriles is 1. The van der Waals surface area contributed by atoms with Crippen molar-refractivity contribution in [3.8, 4) is 11.8 Å². The van der Waals surface area contributed by atoms with Gasteiger partial charge in [0.05, 0.1) is 31.9 Å². The Hall–Kier alpha value is -1.64. The van der Waals surface area contributed by atoms with E-state index in [2.05, 4.69) is 4.98 Å². The fourth-order valence-electron chi connectivity index (χ4n) is 1.14. The first kappa shape index (κ1) is 11.4. The van der Waals surface area contributed by atoms with Gasteiger partial charge in [-0.1, -0.05) is 0 Å². The standard InChI is InChI=1S/C10H12N2O3/c1-15-8-4-7(5-12-6-8)10(14)9(13)2-3-11/h4-6,9-10,13-14H,2H2,1H3. The van der Waals surface area contributed by atoms with Crippen LogP contribution in [0.1, 0.15) is 18.1 Å². The van der Waals surface area contributed by atoms with Crippen LogP contribution in [-0.2, 0) is 0 Å². The smallest absolute Gasteiger partial charge is 0.137 e. The minimum absolute atomic E-state index is 0.127. The molecule has 0 fully saturated rings. The minimum atomic E-state index is -1.12. The van der Waals surface area contributed by atoms with Gasteiger partial charge in [0, 0.05) is 11.8 Å². The highest BCUT2D eigenvalue weighted by Gasteiger charge is 2.18. The van der Waals surface area contributed by atoms with Crippen LogP contribution in [0.2, 0.25) is 0 Å². The molecular formula is C10H12N2O3. The Morgan fingerprint density at radius 1 is 1.53 bits per heavy atom. The first-order chi connectivity index (χ1) is 7.19. The summed E-state index contributed by atoms with van der Waals surface area (Å²) >= 11 is 0. The van der Waals surface area contributed by atoms with E-state index in [1.165, 1.54) is 19.5 Å². The summed E-state index contributed by atoms with van der Waals surface area (Å²) < 4.78 is 4.92. The molecule has 0 aliphatic carbocycles. The zero-order valence-corrected chi connectivity index (χ0v) is 8.29. The molecule has 5 heteroatoms. The van der Waals surface area contributed by atoms with Gasteiger partial charge in [-0.05, 0) is 6.07 Å². The quantitative estimate of drug-likeness (QED) is 0.747. The van der Waals surface area contributed by atoms with Crippen molar-refractivity contribution in [2.75, 3.05) is 7.11 Å². The summed E-state index contributed by atoms with van der Waals surface area (Å²) in [6.45, 7) is 0. The molecule has 80 valence electrons. The predicted octanol–water partition coefficient (Wildman–Crippen LogP) is 0.398. The molecule has 0 aliphatic heterocycles. The molecule has 0 bridgehead atoms. The van der Waals surface area contributed by atoms with Crippen LogP contribution in [0.3, 0.4) is 0 Å². The van der Waals surface area contributed by atoms with E-state index in [9.17, 15) is 10.2 Å². The van der Waals surface area contributed by atoms with Crippen LogP contribution in [0.5, 0.6) is 5.75 Å². The number of rotatable bonds is 4. The topological polar surface area (TPSA) is 86.4 Å². The number of methoxy groups -OCH3 is 1. The van der Waals surface area contributed by atoms with Crippen molar-refractivity contribution in [1.82, 2.24) is 4.98 Å². The molecule has 2 unspecified atom stereocenters. The lowest BCUT2D eigenvalue weighted by molar-refractivity contribution is 0.0213. The average molecular weight is 208 g/mol. The lowest BCUT2D eigenvalue weighted by atomic mass is 10.0. The Kier molecular flexibility index (Phi) is 4.03. The van der Waals surface area contributed by atoms with Crippen LogP contribution in [0.15, 0.2) is 18.5 Å². The van der Waals surface area contributed by atoms with Gasteiger partial charge in [-0.2, -0.15) is 5.26 Å². The van der Waals surface area contributed by atoms with E-state index in [4.69, 9.17) is 10.00 Å². The Labute approximate surface area is 87.6 Å². The van der Waals surface area contributed by atoms with Gasteiger partial charge in [0.25, 0.3) is 0 Å². The van der Waals surface area contributed by atoms with E-state index in [1.54, 1.807) is 12.1 Å². The molecule has 0 aliphatic rings. The highest BCUT2D eigenvalue weighted by atomic mass is 16.5. The van der Waals surface area contributed by atoms with Gasteiger partial charge in [-0.25, -0.2) is 0 Å². The summed E-state index contributed by atoms with van der Waals surface area (Å²) in [6, 6.07) is 3.35. The third-order valence-corrected chi connectivity index (χ3v) is 1.98. The van der Waals surface area contributed by atoms with Crippen molar-refractivity contribution in [1.29, 1.82) is 5.26 Å². The predicted molar refractivity (Wildman–Crippen MR) is 52.0 cm³/mol. The molecule has 0 saturated carbocycles. The molecule has 0 amide bonds. The average Bonchev–Trinajstić information content (AvgIpc) is 2.28. The number of aliphatic hydroxyl groups excluding tert-OH is 2. The maximum absolute atomic E-state index is 9.64. The third-order valence-electron chi connectivity index (χ3n) is 1.98. The second-order valence-corrected chi connectivity index (χ2v) is 3.03. The van der Waals surface area contributed by atoms with Gasteiger partial charge in [0.1, 0.15) is 11.9 Å². The van der Waals surface area contributed by atoms with E-state index >= 15 is 0 Å². The molecule has 15 heavy (non-hydrogen) atoms. The van der Waals surface area contributed by atoms with Crippen LogP contribution in [-0.4, -0.2) is 28.4 Å². The van der Waals surface area contributed by atoms with E-state index in [-0.39, 0.29) is 6.42 Å². The number of hydrogen-bond donors (Lipinski definition) is 2. The normalized spacial score (nSPS) is 14.0. The summed E-state index contributed by atoms with van der Waals surface area (Å²) in [4.78, 5) is 3.84. The van der Waals surface area contributed by atoms with E-state index in [0.29, 0.717) is 11.3 Å². The van der Waals surface area contributed by atoms with Crippen molar-refractivity contribution in [3.63, 3.8) is 0 Å². The summed E-state index contributed by atoms with van der Waals surface area (Å²) in [5, 5.41) is 27.4. The van der Waals surface area contributed by atoms with Crippen molar-refractivity contribution in [2.24, 2.45) is 0 Å². The Morgan fingerprint density at radius 2 is 2.27 bits per heavy atom. The molecular weight excluding hydrogens is 196 g/mol. The molecule has 1 heterocycles. The van der Waals surface area contributed by atoms with Gasteiger partial charge >= 0.3 is 0 Å². The number of aromatic nitrogens is 1. The van der Waals surface area contributed by atoms with Gasteiger partial charge < -0.3 is 14.9 Å². The Bertz CT molecular complexity index is 362. The zero-order chi connectivity index (χ0) is 11.3. The number of pyridine rings is 1. The van der Waals surface area contributed by atoms with E-state index in [1.807, 2.05) is 0 Å². The molecule has 2 atom stereocenters. The second-order valence-electron chi connectivity index (χ2n) is 3.03. The molecule has 0 spiro atoms. The Balaban J connectivity index is 2.81. The van der Waals surface area contributed by atoms with Crippen LogP contribution >= 0.6 is 0 Å². The molecule has 1 aromatic rings. The largest absolute Gasteiger partial charge is 0.495 e. The van der Waals surface area contributed by atoms with Crippen LogP contribution < -0.4 is 4.74 Å². The maximum atomic E-state index is 9.64. The van der Waals surface area contributed by atoms with Crippen LogP contribution in [0.25, 0.3) is 0 Å².